The van der Waals surface area contributed by atoms with Gasteiger partial charge in [-0.15, -0.1) is 0 Å². The van der Waals surface area contributed by atoms with Crippen LogP contribution >= 0.6 is 11.6 Å². The van der Waals surface area contributed by atoms with Gasteiger partial charge in [0, 0.05) is 18.5 Å². The minimum Gasteiger partial charge on any atom is -0.367 e. The Morgan fingerprint density at radius 3 is 2.83 bits per heavy atom. The molecule has 6 heteroatoms. The second kappa shape index (κ2) is 5.01. The maximum atomic E-state index is 13.5. The molecular weight excluding hydrogens is 259 g/mol. The average molecular weight is 267 g/mol. The van der Waals surface area contributed by atoms with E-state index in [2.05, 4.69) is 10.3 Å². The van der Waals surface area contributed by atoms with Crippen molar-refractivity contribution in [2.24, 2.45) is 0 Å². The first kappa shape index (κ1) is 12.3. The van der Waals surface area contributed by atoms with Gasteiger partial charge in [0.2, 0.25) is 0 Å². The molecule has 2 aromatic rings. The molecule has 1 aromatic heterocycles. The molecule has 1 amide bonds. The zero-order valence-electron chi connectivity index (χ0n) is 9.04. The fraction of sp³-hybridized carbons (Fsp3) is 0. The van der Waals surface area contributed by atoms with Gasteiger partial charge in [0.1, 0.15) is 5.56 Å². The Morgan fingerprint density at radius 1 is 1.33 bits per heavy atom. The molecule has 0 atom stereocenters. The molecule has 0 saturated carbocycles. The SMILES string of the molecule is O=C(Nc1cccc(Cl)c1F)c1c[nH]ccc1=O. The van der Waals surface area contributed by atoms with Crippen molar-refractivity contribution in [2.45, 2.75) is 0 Å². The highest BCUT2D eigenvalue weighted by Gasteiger charge is 2.13. The van der Waals surface area contributed by atoms with E-state index < -0.39 is 17.2 Å². The summed E-state index contributed by atoms with van der Waals surface area (Å²) in [5, 5.41) is 2.19. The highest BCUT2D eigenvalue weighted by molar-refractivity contribution is 6.31. The number of carbonyl (C=O) groups excluding carboxylic acids is 1. The van der Waals surface area contributed by atoms with Crippen molar-refractivity contribution in [3.8, 4) is 0 Å². The number of amides is 1. The van der Waals surface area contributed by atoms with Crippen LogP contribution in [0, 0.1) is 5.82 Å². The van der Waals surface area contributed by atoms with Gasteiger partial charge in [0.15, 0.2) is 11.2 Å². The van der Waals surface area contributed by atoms with Crippen LogP contribution in [0.15, 0.2) is 41.5 Å². The molecule has 0 aliphatic rings. The maximum absolute atomic E-state index is 13.5. The molecule has 0 bridgehead atoms. The van der Waals surface area contributed by atoms with E-state index in [-0.39, 0.29) is 16.3 Å². The summed E-state index contributed by atoms with van der Waals surface area (Å²) >= 11 is 5.58. The largest absolute Gasteiger partial charge is 0.367 e. The molecule has 0 saturated heterocycles. The Bertz CT molecular complexity index is 655. The number of carbonyl (C=O) groups is 1. The Kier molecular flexibility index (Phi) is 3.43. The number of anilines is 1. The highest BCUT2D eigenvalue weighted by Crippen LogP contribution is 2.22. The van der Waals surface area contributed by atoms with Gasteiger partial charge in [-0.3, -0.25) is 9.59 Å². The lowest BCUT2D eigenvalue weighted by Crippen LogP contribution is -2.21. The van der Waals surface area contributed by atoms with Gasteiger partial charge < -0.3 is 10.3 Å². The molecule has 0 fully saturated rings. The normalized spacial score (nSPS) is 10.1. The van der Waals surface area contributed by atoms with Crippen LogP contribution in [0.3, 0.4) is 0 Å². The van der Waals surface area contributed by atoms with Crippen LogP contribution in [0.25, 0.3) is 0 Å². The van der Waals surface area contributed by atoms with E-state index in [4.69, 9.17) is 11.6 Å². The van der Waals surface area contributed by atoms with E-state index in [1.165, 1.54) is 36.7 Å². The van der Waals surface area contributed by atoms with Crippen molar-refractivity contribution in [1.29, 1.82) is 0 Å². The van der Waals surface area contributed by atoms with Gasteiger partial charge in [-0.25, -0.2) is 4.39 Å². The molecule has 0 spiro atoms. The number of pyridine rings is 1. The minimum absolute atomic E-state index is 0.0734. The first-order valence-corrected chi connectivity index (χ1v) is 5.40. The Balaban J connectivity index is 2.30. The summed E-state index contributed by atoms with van der Waals surface area (Å²) < 4.78 is 13.5. The van der Waals surface area contributed by atoms with Crippen LogP contribution in [0.4, 0.5) is 10.1 Å². The molecular formula is C12H8ClFN2O2. The lowest BCUT2D eigenvalue weighted by Gasteiger charge is -2.06. The third kappa shape index (κ3) is 2.41. The quantitative estimate of drug-likeness (QED) is 0.877. The van der Waals surface area contributed by atoms with Crippen molar-refractivity contribution in [1.82, 2.24) is 4.98 Å². The second-order valence-electron chi connectivity index (χ2n) is 3.48. The van der Waals surface area contributed by atoms with E-state index >= 15 is 0 Å². The number of halogens is 2. The summed E-state index contributed by atoms with van der Waals surface area (Å²) in [4.78, 5) is 25.8. The van der Waals surface area contributed by atoms with E-state index in [1.807, 2.05) is 0 Å². The van der Waals surface area contributed by atoms with Crippen LogP contribution in [0.2, 0.25) is 5.02 Å². The van der Waals surface area contributed by atoms with Crippen molar-refractivity contribution >= 4 is 23.2 Å². The van der Waals surface area contributed by atoms with Crippen molar-refractivity contribution < 1.29 is 9.18 Å². The third-order valence-electron chi connectivity index (χ3n) is 2.27. The second-order valence-corrected chi connectivity index (χ2v) is 3.88. The average Bonchev–Trinajstić information content (AvgIpc) is 2.35. The molecule has 0 aliphatic heterocycles. The zero-order valence-corrected chi connectivity index (χ0v) is 9.79. The number of aromatic nitrogens is 1. The van der Waals surface area contributed by atoms with Crippen LogP contribution < -0.4 is 10.7 Å². The molecule has 0 aliphatic carbocycles. The van der Waals surface area contributed by atoms with Gasteiger partial charge in [0.05, 0.1) is 10.7 Å². The number of hydrogen-bond donors (Lipinski definition) is 2. The smallest absolute Gasteiger partial charge is 0.261 e. The molecule has 2 rings (SSSR count). The standard InChI is InChI=1S/C12H8ClFN2O2/c13-8-2-1-3-9(11(8)14)16-12(18)7-6-15-5-4-10(7)17/h1-6H,(H,15,17)(H,16,18). The molecule has 2 N–H and O–H groups in total. The summed E-state index contributed by atoms with van der Waals surface area (Å²) in [6.45, 7) is 0. The van der Waals surface area contributed by atoms with Crippen LogP contribution in [0.5, 0.6) is 0 Å². The van der Waals surface area contributed by atoms with Gasteiger partial charge in [-0.05, 0) is 12.1 Å². The maximum Gasteiger partial charge on any atom is 0.261 e. The Morgan fingerprint density at radius 2 is 2.11 bits per heavy atom. The van der Waals surface area contributed by atoms with Crippen molar-refractivity contribution in [3.63, 3.8) is 0 Å². The van der Waals surface area contributed by atoms with Crippen LogP contribution in [-0.4, -0.2) is 10.9 Å². The molecule has 4 nitrogen and oxygen atoms in total. The molecule has 0 unspecified atom stereocenters. The number of aromatic amines is 1. The number of H-pyrrole nitrogens is 1. The summed E-state index contributed by atoms with van der Waals surface area (Å²) in [6, 6.07) is 5.43. The van der Waals surface area contributed by atoms with E-state index in [1.54, 1.807) is 0 Å². The fourth-order valence-electron chi connectivity index (χ4n) is 1.38. The predicted octanol–water partition coefficient (Wildman–Crippen LogP) is 2.42. The summed E-state index contributed by atoms with van der Waals surface area (Å²) in [7, 11) is 0. The molecule has 0 radical (unpaired) electrons. The minimum atomic E-state index is -0.736. The molecule has 1 aromatic carbocycles. The van der Waals surface area contributed by atoms with Crippen LogP contribution in [-0.2, 0) is 0 Å². The monoisotopic (exact) mass is 266 g/mol. The van der Waals surface area contributed by atoms with Crippen LogP contribution in [0.1, 0.15) is 10.4 Å². The molecule has 92 valence electrons. The van der Waals surface area contributed by atoms with Crippen molar-refractivity contribution in [2.75, 3.05) is 5.32 Å². The zero-order chi connectivity index (χ0) is 13.1. The number of rotatable bonds is 2. The number of nitrogens with one attached hydrogen (secondary N) is 2. The summed E-state index contributed by atoms with van der Waals surface area (Å²) in [5.74, 6) is -1.43. The highest BCUT2D eigenvalue weighted by atomic mass is 35.5. The van der Waals surface area contributed by atoms with Gasteiger partial charge in [-0.1, -0.05) is 17.7 Å². The summed E-state index contributed by atoms with van der Waals surface area (Å²) in [6.07, 6.45) is 2.65. The van der Waals surface area contributed by atoms with Crippen molar-refractivity contribution in [3.05, 3.63) is 63.3 Å². The number of hydrogen-bond acceptors (Lipinski definition) is 2. The van der Waals surface area contributed by atoms with Gasteiger partial charge in [0.25, 0.3) is 5.91 Å². The Hall–Kier alpha value is -2.14. The number of benzene rings is 1. The van der Waals surface area contributed by atoms with E-state index in [0.717, 1.165) is 0 Å². The summed E-state index contributed by atoms with van der Waals surface area (Å²) in [5.41, 5.74) is -0.624. The first-order chi connectivity index (χ1) is 8.59. The van der Waals surface area contributed by atoms with E-state index in [9.17, 15) is 14.0 Å². The predicted molar refractivity (Wildman–Crippen MR) is 66.4 cm³/mol. The van der Waals surface area contributed by atoms with Gasteiger partial charge >= 0.3 is 0 Å². The fourth-order valence-corrected chi connectivity index (χ4v) is 1.56. The first-order valence-electron chi connectivity index (χ1n) is 5.02. The molecule has 1 heterocycles. The lowest BCUT2D eigenvalue weighted by molar-refractivity contribution is 0.102. The van der Waals surface area contributed by atoms with E-state index in [0.29, 0.717) is 0 Å². The third-order valence-corrected chi connectivity index (χ3v) is 2.56. The lowest BCUT2D eigenvalue weighted by atomic mass is 10.2. The van der Waals surface area contributed by atoms with Gasteiger partial charge in [-0.2, -0.15) is 0 Å². The molecule has 18 heavy (non-hydrogen) atoms. The topological polar surface area (TPSA) is 62.0 Å². The Labute approximate surface area is 106 Å².